The summed E-state index contributed by atoms with van der Waals surface area (Å²) in [6, 6.07) is 5.03. The van der Waals surface area contributed by atoms with Crippen molar-refractivity contribution in [2.45, 2.75) is 44.1 Å². The molecule has 156 valence electrons. The van der Waals surface area contributed by atoms with Crippen LogP contribution in [0.25, 0.3) is 0 Å². The first-order chi connectivity index (χ1) is 13.2. The van der Waals surface area contributed by atoms with Crippen LogP contribution in [0.2, 0.25) is 0 Å². The number of halogens is 3. The quantitative estimate of drug-likeness (QED) is 0.765. The second kappa shape index (κ2) is 8.79. The number of rotatable bonds is 5. The van der Waals surface area contributed by atoms with Gasteiger partial charge in [0.15, 0.2) is 0 Å². The number of nitrogens with one attached hydrogen (secondary N) is 1. The molecule has 6 nitrogen and oxygen atoms in total. The van der Waals surface area contributed by atoms with E-state index < -0.39 is 12.1 Å². The summed E-state index contributed by atoms with van der Waals surface area (Å²) in [6.07, 6.45) is -1.89. The Hall–Kier alpha value is -1.65. The molecule has 2 saturated heterocycles. The molecule has 1 amide bonds. The molecular formula is C18H23F3N2O4S. The molecule has 4 rings (SSSR count). The predicted octanol–water partition coefficient (Wildman–Crippen LogP) is 2.50. The van der Waals surface area contributed by atoms with Crippen molar-refractivity contribution in [3.63, 3.8) is 0 Å². The van der Waals surface area contributed by atoms with Crippen molar-refractivity contribution in [1.82, 2.24) is 10.2 Å². The van der Waals surface area contributed by atoms with Gasteiger partial charge in [-0.3, -0.25) is 9.69 Å². The molecule has 3 heterocycles. The first-order valence-corrected chi connectivity index (χ1v) is 10.1. The monoisotopic (exact) mass is 420 g/mol. The van der Waals surface area contributed by atoms with Crippen LogP contribution in [0.4, 0.5) is 13.2 Å². The average Bonchev–Trinajstić information content (AvgIpc) is 3.02. The van der Waals surface area contributed by atoms with Crippen molar-refractivity contribution in [3.8, 4) is 0 Å². The number of nitrogens with zero attached hydrogens (tertiary/aromatic N) is 1. The normalized spacial score (nSPS) is 27.0. The number of likely N-dealkylation sites (tertiary alicyclic amines) is 1. The predicted molar refractivity (Wildman–Crippen MR) is 95.8 cm³/mol. The Bertz CT molecular complexity index is 679. The number of carbonyl (C=O) groups is 2. The molecular weight excluding hydrogens is 397 g/mol. The summed E-state index contributed by atoms with van der Waals surface area (Å²) in [6.45, 7) is 3.55. The van der Waals surface area contributed by atoms with Gasteiger partial charge in [-0.25, -0.2) is 4.79 Å². The van der Waals surface area contributed by atoms with Crippen LogP contribution in [0.15, 0.2) is 17.5 Å². The van der Waals surface area contributed by atoms with Crippen LogP contribution in [0, 0.1) is 11.8 Å². The first kappa shape index (κ1) is 21.1. The van der Waals surface area contributed by atoms with Gasteiger partial charge in [-0.15, -0.1) is 11.3 Å². The molecule has 0 bridgehead atoms. The van der Waals surface area contributed by atoms with Crippen molar-refractivity contribution in [2.24, 2.45) is 11.8 Å². The largest absolute Gasteiger partial charge is 0.490 e. The van der Waals surface area contributed by atoms with Gasteiger partial charge in [-0.2, -0.15) is 13.2 Å². The molecule has 3 atom stereocenters. The molecule has 3 fully saturated rings. The summed E-state index contributed by atoms with van der Waals surface area (Å²) < 4.78 is 37.4. The van der Waals surface area contributed by atoms with Gasteiger partial charge in [0.05, 0.1) is 13.2 Å². The van der Waals surface area contributed by atoms with Crippen molar-refractivity contribution < 1.29 is 32.6 Å². The molecule has 1 aromatic rings. The number of thiophene rings is 1. The number of alkyl halides is 3. The lowest BCUT2D eigenvalue weighted by Gasteiger charge is -2.21. The SMILES string of the molecule is O=C(CC1CC1)N[C@@H]1CN(Cc2cccs2)[C@@H]2COC[C@@H]21.O=C(O)C(F)(F)F. The molecule has 1 aliphatic carbocycles. The third-order valence-corrected chi connectivity index (χ3v) is 6.07. The Kier molecular flexibility index (Phi) is 6.61. The highest BCUT2D eigenvalue weighted by Crippen LogP contribution is 2.34. The van der Waals surface area contributed by atoms with Crippen LogP contribution in [0.5, 0.6) is 0 Å². The third kappa shape index (κ3) is 5.68. The Morgan fingerprint density at radius 3 is 2.61 bits per heavy atom. The Balaban J connectivity index is 0.000000279. The number of carboxylic acid groups (broad SMARTS) is 1. The van der Waals surface area contributed by atoms with Gasteiger partial charge in [0.25, 0.3) is 0 Å². The summed E-state index contributed by atoms with van der Waals surface area (Å²) in [5.41, 5.74) is 0. The number of amides is 1. The standard InChI is InChI=1S/C16H22N2O2S.C2HF3O2/c19-16(6-11-3-4-11)17-14-8-18(7-12-2-1-5-21-12)15-10-20-9-13(14)15;3-2(4,5)1(6)7/h1-2,5,11,13-15H,3-4,6-10H2,(H,17,19);(H,6,7)/t13-,14-,15-;/m1./s1. The summed E-state index contributed by atoms with van der Waals surface area (Å²) in [4.78, 5) is 24.9. The van der Waals surface area contributed by atoms with Crippen molar-refractivity contribution in [3.05, 3.63) is 22.4 Å². The van der Waals surface area contributed by atoms with Gasteiger partial charge >= 0.3 is 12.1 Å². The van der Waals surface area contributed by atoms with E-state index >= 15 is 0 Å². The summed E-state index contributed by atoms with van der Waals surface area (Å²) in [7, 11) is 0. The number of carboxylic acids is 1. The maximum absolute atomic E-state index is 12.1. The van der Waals surface area contributed by atoms with Gasteiger partial charge in [-0.05, 0) is 30.2 Å². The molecule has 2 N–H and O–H groups in total. The average molecular weight is 420 g/mol. The van der Waals surface area contributed by atoms with Crippen LogP contribution in [-0.2, 0) is 20.9 Å². The Morgan fingerprint density at radius 1 is 1.32 bits per heavy atom. The van der Waals surface area contributed by atoms with Gasteiger partial charge in [0, 0.05) is 42.4 Å². The van der Waals surface area contributed by atoms with Gasteiger partial charge in [-0.1, -0.05) is 6.07 Å². The minimum absolute atomic E-state index is 0.242. The van der Waals surface area contributed by atoms with Crippen LogP contribution in [0.3, 0.4) is 0 Å². The minimum atomic E-state index is -5.08. The maximum Gasteiger partial charge on any atom is 0.490 e. The lowest BCUT2D eigenvalue weighted by Crippen LogP contribution is -2.41. The molecule has 2 aliphatic heterocycles. The summed E-state index contributed by atoms with van der Waals surface area (Å²) in [5, 5.41) is 12.5. The van der Waals surface area contributed by atoms with E-state index in [1.165, 1.54) is 17.7 Å². The highest BCUT2D eigenvalue weighted by molar-refractivity contribution is 7.09. The Morgan fingerprint density at radius 2 is 2.04 bits per heavy atom. The molecule has 0 unspecified atom stereocenters. The van der Waals surface area contributed by atoms with Crippen LogP contribution < -0.4 is 5.32 Å². The van der Waals surface area contributed by atoms with Gasteiger partial charge < -0.3 is 15.2 Å². The van der Waals surface area contributed by atoms with Crippen molar-refractivity contribution in [2.75, 3.05) is 19.8 Å². The third-order valence-electron chi connectivity index (χ3n) is 5.21. The zero-order valence-corrected chi connectivity index (χ0v) is 16.0. The number of hydrogen-bond acceptors (Lipinski definition) is 5. The fraction of sp³-hybridized carbons (Fsp3) is 0.667. The molecule has 10 heteroatoms. The Labute approximate surface area is 164 Å². The van der Waals surface area contributed by atoms with E-state index in [1.54, 1.807) is 11.3 Å². The highest BCUT2D eigenvalue weighted by atomic mass is 32.1. The molecule has 0 spiro atoms. The maximum atomic E-state index is 12.1. The minimum Gasteiger partial charge on any atom is -0.475 e. The lowest BCUT2D eigenvalue weighted by molar-refractivity contribution is -0.192. The van der Waals surface area contributed by atoms with Crippen LogP contribution in [-0.4, -0.2) is 59.9 Å². The molecule has 0 aromatic carbocycles. The number of hydrogen-bond donors (Lipinski definition) is 2. The van der Waals surface area contributed by atoms with E-state index in [4.69, 9.17) is 14.6 Å². The number of ether oxygens (including phenoxy) is 1. The second-order valence-corrected chi connectivity index (χ2v) is 8.43. The van der Waals surface area contributed by atoms with Crippen LogP contribution in [0.1, 0.15) is 24.1 Å². The second-order valence-electron chi connectivity index (χ2n) is 7.40. The zero-order chi connectivity index (χ0) is 20.3. The molecule has 0 radical (unpaired) electrons. The fourth-order valence-electron chi connectivity index (χ4n) is 3.63. The molecule has 1 aromatic heterocycles. The van der Waals surface area contributed by atoms with Gasteiger partial charge in [0.1, 0.15) is 0 Å². The number of aliphatic carboxylic acids is 1. The topological polar surface area (TPSA) is 78.9 Å². The van der Waals surface area contributed by atoms with E-state index in [9.17, 15) is 18.0 Å². The van der Waals surface area contributed by atoms with Crippen molar-refractivity contribution >= 4 is 23.2 Å². The van der Waals surface area contributed by atoms with E-state index in [-0.39, 0.29) is 11.9 Å². The lowest BCUT2D eigenvalue weighted by atomic mass is 9.99. The highest BCUT2D eigenvalue weighted by Gasteiger charge is 2.46. The van der Waals surface area contributed by atoms with E-state index in [0.29, 0.717) is 17.9 Å². The van der Waals surface area contributed by atoms with Crippen molar-refractivity contribution in [1.29, 1.82) is 0 Å². The smallest absolute Gasteiger partial charge is 0.475 e. The fourth-order valence-corrected chi connectivity index (χ4v) is 4.36. The number of carbonyl (C=O) groups excluding carboxylic acids is 1. The van der Waals surface area contributed by atoms with E-state index in [1.807, 2.05) is 0 Å². The van der Waals surface area contributed by atoms with Crippen LogP contribution >= 0.6 is 11.3 Å². The number of fused-ring (bicyclic) bond motifs is 1. The van der Waals surface area contributed by atoms with Gasteiger partial charge in [0.2, 0.25) is 5.91 Å². The van der Waals surface area contributed by atoms with E-state index in [0.717, 1.165) is 32.7 Å². The summed E-state index contributed by atoms with van der Waals surface area (Å²) in [5.74, 6) is -1.39. The zero-order valence-electron chi connectivity index (χ0n) is 15.2. The first-order valence-electron chi connectivity index (χ1n) is 9.17. The molecule has 3 aliphatic rings. The molecule has 1 saturated carbocycles. The summed E-state index contributed by atoms with van der Waals surface area (Å²) >= 11 is 1.81. The van der Waals surface area contributed by atoms with E-state index in [2.05, 4.69) is 27.7 Å². The molecule has 28 heavy (non-hydrogen) atoms.